The molecule has 2 amide bonds. The minimum absolute atomic E-state index is 0.261. The number of carbonyl (C=O) groups is 3. The van der Waals surface area contributed by atoms with Gasteiger partial charge in [-0.2, -0.15) is 0 Å². The molecular weight excluding hydrogens is 502 g/mol. The van der Waals surface area contributed by atoms with Crippen LogP contribution in [0.3, 0.4) is 0 Å². The van der Waals surface area contributed by atoms with Gasteiger partial charge in [0.15, 0.2) is 0 Å². The van der Waals surface area contributed by atoms with Crippen molar-refractivity contribution < 1.29 is 19.1 Å². The van der Waals surface area contributed by atoms with E-state index >= 15 is 0 Å². The Balaban J connectivity index is 1.76. The van der Waals surface area contributed by atoms with Gasteiger partial charge in [-0.3, -0.25) is 9.59 Å². The molecule has 0 fully saturated rings. The van der Waals surface area contributed by atoms with Crippen LogP contribution in [0, 0.1) is 0 Å². The maximum atomic E-state index is 13.5. The molecule has 0 aliphatic carbocycles. The van der Waals surface area contributed by atoms with Crippen LogP contribution in [0.2, 0.25) is 0 Å². The summed E-state index contributed by atoms with van der Waals surface area (Å²) in [6.07, 6.45) is 6.87. The highest BCUT2D eigenvalue weighted by Crippen LogP contribution is 2.13. The van der Waals surface area contributed by atoms with Crippen molar-refractivity contribution in [1.82, 2.24) is 10.6 Å². The summed E-state index contributed by atoms with van der Waals surface area (Å²) in [5.41, 5.74) is 3.83. The SMILES string of the molecule is CCOC(=O)/C=C/C(Cc1ccccc1)NC(=O)C(Cc1ccccc1)NC(=O)/C=C/c1ccc(N(C)C)cc1. The Morgan fingerprint density at radius 2 is 1.40 bits per heavy atom. The lowest BCUT2D eigenvalue weighted by atomic mass is 10.0. The van der Waals surface area contributed by atoms with Crippen molar-refractivity contribution in [1.29, 1.82) is 0 Å². The van der Waals surface area contributed by atoms with Crippen molar-refractivity contribution in [2.75, 3.05) is 25.6 Å². The second-order valence-electron chi connectivity index (χ2n) is 9.49. The molecule has 2 N–H and O–H groups in total. The highest BCUT2D eigenvalue weighted by atomic mass is 16.5. The van der Waals surface area contributed by atoms with Crippen molar-refractivity contribution in [3.63, 3.8) is 0 Å². The average Bonchev–Trinajstić information content (AvgIpc) is 2.96. The summed E-state index contributed by atoms with van der Waals surface area (Å²) in [4.78, 5) is 40.4. The van der Waals surface area contributed by atoms with Crippen LogP contribution in [-0.4, -0.2) is 50.6 Å². The first-order valence-corrected chi connectivity index (χ1v) is 13.3. The molecular formula is C33H37N3O4. The van der Waals surface area contributed by atoms with Gasteiger partial charge in [0.1, 0.15) is 6.04 Å². The summed E-state index contributed by atoms with van der Waals surface area (Å²) in [7, 11) is 3.93. The Hall–Kier alpha value is -4.65. The maximum absolute atomic E-state index is 13.5. The van der Waals surface area contributed by atoms with Gasteiger partial charge in [0.05, 0.1) is 12.6 Å². The van der Waals surface area contributed by atoms with Gasteiger partial charge in [-0.1, -0.05) is 78.9 Å². The van der Waals surface area contributed by atoms with Gasteiger partial charge in [0.2, 0.25) is 11.8 Å². The Bertz CT molecular complexity index is 1290. The Labute approximate surface area is 236 Å². The van der Waals surface area contributed by atoms with Crippen molar-refractivity contribution in [3.8, 4) is 0 Å². The molecule has 7 heteroatoms. The second-order valence-corrected chi connectivity index (χ2v) is 9.49. The number of benzene rings is 3. The highest BCUT2D eigenvalue weighted by molar-refractivity contribution is 5.95. The maximum Gasteiger partial charge on any atom is 0.330 e. The first-order chi connectivity index (χ1) is 19.3. The summed E-state index contributed by atoms with van der Waals surface area (Å²) < 4.78 is 5.00. The number of rotatable bonds is 13. The lowest BCUT2D eigenvalue weighted by molar-refractivity contribution is -0.137. The van der Waals surface area contributed by atoms with Crippen LogP contribution in [0.15, 0.2) is 103 Å². The quantitative estimate of drug-likeness (QED) is 0.249. The number of nitrogens with zero attached hydrogens (tertiary/aromatic N) is 1. The number of ether oxygens (including phenoxy) is 1. The van der Waals surface area contributed by atoms with Crippen LogP contribution in [0.5, 0.6) is 0 Å². The third kappa shape index (κ3) is 10.3. The van der Waals surface area contributed by atoms with E-state index in [0.717, 1.165) is 22.4 Å². The van der Waals surface area contributed by atoms with E-state index in [1.165, 1.54) is 12.2 Å². The fourth-order valence-corrected chi connectivity index (χ4v) is 4.04. The van der Waals surface area contributed by atoms with E-state index in [1.54, 1.807) is 19.1 Å². The molecule has 40 heavy (non-hydrogen) atoms. The van der Waals surface area contributed by atoms with Gasteiger partial charge in [-0.15, -0.1) is 0 Å². The fraction of sp³-hybridized carbons (Fsp3) is 0.242. The first kappa shape index (κ1) is 29.9. The minimum Gasteiger partial charge on any atom is -0.463 e. The zero-order valence-electron chi connectivity index (χ0n) is 23.2. The summed E-state index contributed by atoms with van der Waals surface area (Å²) in [5, 5.41) is 5.86. The monoisotopic (exact) mass is 539 g/mol. The smallest absolute Gasteiger partial charge is 0.330 e. The molecule has 0 heterocycles. The average molecular weight is 540 g/mol. The summed E-state index contributed by atoms with van der Waals surface area (Å²) in [6.45, 7) is 2.00. The Morgan fingerprint density at radius 3 is 1.98 bits per heavy atom. The van der Waals surface area contributed by atoms with Crippen molar-refractivity contribution >= 4 is 29.5 Å². The number of amides is 2. The van der Waals surface area contributed by atoms with E-state index in [2.05, 4.69) is 10.6 Å². The summed E-state index contributed by atoms with van der Waals surface area (Å²) in [6, 6.07) is 25.7. The highest BCUT2D eigenvalue weighted by Gasteiger charge is 2.23. The predicted molar refractivity (Wildman–Crippen MR) is 160 cm³/mol. The van der Waals surface area contributed by atoms with E-state index in [-0.39, 0.29) is 18.4 Å². The molecule has 0 aromatic heterocycles. The van der Waals surface area contributed by atoms with Gasteiger partial charge < -0.3 is 20.3 Å². The zero-order valence-corrected chi connectivity index (χ0v) is 23.2. The van der Waals surface area contributed by atoms with Crippen LogP contribution in [0.25, 0.3) is 6.08 Å². The second kappa shape index (κ2) is 15.7. The third-order valence-corrected chi connectivity index (χ3v) is 6.13. The predicted octanol–water partition coefficient (Wildman–Crippen LogP) is 4.34. The van der Waals surface area contributed by atoms with Crippen LogP contribution in [0.4, 0.5) is 5.69 Å². The number of hydrogen-bond donors (Lipinski definition) is 2. The largest absolute Gasteiger partial charge is 0.463 e. The molecule has 0 bridgehead atoms. The number of anilines is 1. The van der Waals surface area contributed by atoms with E-state index in [0.29, 0.717) is 12.8 Å². The van der Waals surface area contributed by atoms with E-state index in [9.17, 15) is 14.4 Å². The molecule has 3 aromatic carbocycles. The van der Waals surface area contributed by atoms with Crippen LogP contribution in [-0.2, 0) is 32.0 Å². The molecule has 2 unspecified atom stereocenters. The number of hydrogen-bond acceptors (Lipinski definition) is 5. The molecule has 0 spiro atoms. The van der Waals surface area contributed by atoms with Crippen molar-refractivity contribution in [2.45, 2.75) is 31.8 Å². The molecule has 3 rings (SSSR count). The van der Waals surface area contributed by atoms with Crippen LogP contribution < -0.4 is 15.5 Å². The van der Waals surface area contributed by atoms with E-state index < -0.39 is 18.1 Å². The third-order valence-electron chi connectivity index (χ3n) is 6.13. The molecule has 7 nitrogen and oxygen atoms in total. The van der Waals surface area contributed by atoms with Crippen molar-refractivity contribution in [2.24, 2.45) is 0 Å². The van der Waals surface area contributed by atoms with Gasteiger partial charge in [-0.25, -0.2) is 4.79 Å². The summed E-state index contributed by atoms with van der Waals surface area (Å²) >= 11 is 0. The molecule has 0 radical (unpaired) electrons. The molecule has 0 saturated carbocycles. The minimum atomic E-state index is -0.829. The van der Waals surface area contributed by atoms with Gasteiger partial charge in [0.25, 0.3) is 0 Å². The Morgan fingerprint density at radius 1 is 0.800 bits per heavy atom. The fourth-order valence-electron chi connectivity index (χ4n) is 4.04. The lowest BCUT2D eigenvalue weighted by Gasteiger charge is -2.22. The summed E-state index contributed by atoms with van der Waals surface area (Å²) in [5.74, 6) is -1.21. The molecule has 2 atom stereocenters. The molecule has 0 aliphatic heterocycles. The first-order valence-electron chi connectivity index (χ1n) is 13.3. The normalized spacial score (nSPS) is 12.6. The molecule has 0 aliphatic rings. The number of nitrogens with one attached hydrogen (secondary N) is 2. The van der Waals surface area contributed by atoms with Gasteiger partial charge >= 0.3 is 5.97 Å². The standard InChI is InChI=1S/C33H37N3O4/c1-4-40-32(38)22-18-28(23-26-11-7-5-8-12-26)34-33(39)30(24-27-13-9-6-10-14-27)35-31(37)21-17-25-15-19-29(20-16-25)36(2)3/h5-22,28,30H,4,23-24H2,1-3H3,(H,34,39)(H,35,37)/b21-17+,22-18+. The number of carbonyl (C=O) groups excluding carboxylic acids is 3. The molecule has 0 saturated heterocycles. The van der Waals surface area contributed by atoms with Crippen LogP contribution in [0.1, 0.15) is 23.6 Å². The van der Waals surface area contributed by atoms with E-state index in [1.807, 2.05) is 104 Å². The van der Waals surface area contributed by atoms with E-state index in [4.69, 9.17) is 4.74 Å². The molecule has 3 aromatic rings. The van der Waals surface area contributed by atoms with Crippen LogP contribution >= 0.6 is 0 Å². The van der Waals surface area contributed by atoms with Gasteiger partial charge in [-0.05, 0) is 48.2 Å². The van der Waals surface area contributed by atoms with Crippen molar-refractivity contribution in [3.05, 3.63) is 120 Å². The van der Waals surface area contributed by atoms with Gasteiger partial charge in [0, 0.05) is 38.4 Å². The topological polar surface area (TPSA) is 87.7 Å². The molecule has 208 valence electrons. The lowest BCUT2D eigenvalue weighted by Crippen LogP contribution is -2.50. The zero-order chi connectivity index (χ0) is 28.7. The Kier molecular flexibility index (Phi) is 11.7. The number of esters is 1.